The first-order valence-corrected chi connectivity index (χ1v) is 4.41. The summed E-state index contributed by atoms with van der Waals surface area (Å²) in [4.78, 5) is 21.8. The van der Waals surface area contributed by atoms with Gasteiger partial charge in [-0.15, -0.1) is 0 Å². The third-order valence-electron chi connectivity index (χ3n) is 2.12. The Bertz CT molecular complexity index is 217. The molecule has 5 nitrogen and oxygen atoms in total. The second-order valence-electron chi connectivity index (χ2n) is 3.34. The lowest BCUT2D eigenvalue weighted by molar-refractivity contribution is -0.123. The molecule has 4 N–H and O–H groups in total. The molecule has 1 aliphatic heterocycles. The van der Waals surface area contributed by atoms with Crippen molar-refractivity contribution in [1.29, 1.82) is 0 Å². The minimum absolute atomic E-state index is 0.0199. The third kappa shape index (κ3) is 3.02. The van der Waals surface area contributed by atoms with Crippen LogP contribution in [0.25, 0.3) is 0 Å². The van der Waals surface area contributed by atoms with E-state index in [9.17, 15) is 9.59 Å². The van der Waals surface area contributed by atoms with Crippen molar-refractivity contribution in [3.63, 3.8) is 0 Å². The van der Waals surface area contributed by atoms with Crippen molar-refractivity contribution in [2.45, 2.75) is 31.8 Å². The molecule has 0 radical (unpaired) electrons. The highest BCUT2D eigenvalue weighted by Crippen LogP contribution is 2.02. The number of carbonyl (C=O) groups excluding carboxylic acids is 2. The van der Waals surface area contributed by atoms with Gasteiger partial charge in [-0.1, -0.05) is 0 Å². The second kappa shape index (κ2) is 4.23. The topological polar surface area (TPSA) is 84.2 Å². The minimum Gasteiger partial charge on any atom is -0.370 e. The predicted octanol–water partition coefficient (Wildman–Crippen LogP) is -1.27. The van der Waals surface area contributed by atoms with Crippen LogP contribution in [-0.4, -0.2) is 30.4 Å². The number of amides is 2. The van der Waals surface area contributed by atoms with Gasteiger partial charge in [-0.2, -0.15) is 0 Å². The summed E-state index contributed by atoms with van der Waals surface area (Å²) < 4.78 is 0. The molecule has 0 bridgehead atoms. The van der Waals surface area contributed by atoms with Crippen LogP contribution in [0.3, 0.4) is 0 Å². The fraction of sp³-hybridized carbons (Fsp3) is 0.750. The molecule has 1 aliphatic rings. The fourth-order valence-electron chi connectivity index (χ4n) is 1.44. The maximum atomic E-state index is 11.2. The SMILES string of the molecule is C[C@@H]1NC(CC(N)=O)CCNC1=O. The fourth-order valence-corrected chi connectivity index (χ4v) is 1.44. The molecule has 2 amide bonds. The van der Waals surface area contributed by atoms with Crippen LogP contribution in [0.15, 0.2) is 0 Å². The minimum atomic E-state index is -0.334. The molecule has 74 valence electrons. The molecule has 1 unspecified atom stereocenters. The van der Waals surface area contributed by atoms with E-state index in [-0.39, 0.29) is 23.9 Å². The van der Waals surface area contributed by atoms with Crippen molar-refractivity contribution >= 4 is 11.8 Å². The van der Waals surface area contributed by atoms with Crippen LogP contribution in [0.1, 0.15) is 19.8 Å². The third-order valence-corrected chi connectivity index (χ3v) is 2.12. The van der Waals surface area contributed by atoms with Crippen LogP contribution in [0.2, 0.25) is 0 Å². The van der Waals surface area contributed by atoms with E-state index in [1.165, 1.54) is 0 Å². The molecular formula is C8H15N3O2. The van der Waals surface area contributed by atoms with Gasteiger partial charge in [-0.05, 0) is 13.3 Å². The molecule has 1 heterocycles. The van der Waals surface area contributed by atoms with Crippen LogP contribution < -0.4 is 16.4 Å². The molecule has 0 aromatic carbocycles. The maximum absolute atomic E-state index is 11.2. The molecule has 1 rings (SSSR count). The standard InChI is InChI=1S/C8H15N3O2/c1-5-8(13)10-3-2-6(11-5)4-7(9)12/h5-6,11H,2-4H2,1H3,(H2,9,12)(H,10,13)/t5-,6?/m0/s1. The van der Waals surface area contributed by atoms with Crippen LogP contribution in [-0.2, 0) is 9.59 Å². The van der Waals surface area contributed by atoms with E-state index < -0.39 is 0 Å². The van der Waals surface area contributed by atoms with E-state index >= 15 is 0 Å². The number of primary amides is 1. The first-order chi connectivity index (χ1) is 6.09. The molecule has 13 heavy (non-hydrogen) atoms. The van der Waals surface area contributed by atoms with E-state index in [1.54, 1.807) is 6.92 Å². The Morgan fingerprint density at radius 3 is 3.00 bits per heavy atom. The van der Waals surface area contributed by atoms with E-state index in [1.807, 2.05) is 0 Å². The summed E-state index contributed by atoms with van der Waals surface area (Å²) in [6, 6.07) is -0.224. The Morgan fingerprint density at radius 2 is 2.38 bits per heavy atom. The largest absolute Gasteiger partial charge is 0.370 e. The first kappa shape index (κ1) is 9.98. The van der Waals surface area contributed by atoms with E-state index in [4.69, 9.17) is 5.73 Å². The van der Waals surface area contributed by atoms with Crippen molar-refractivity contribution < 1.29 is 9.59 Å². The summed E-state index contributed by atoms with van der Waals surface area (Å²) in [6.07, 6.45) is 1.04. The highest BCUT2D eigenvalue weighted by atomic mass is 16.2. The number of hydrogen-bond donors (Lipinski definition) is 3. The lowest BCUT2D eigenvalue weighted by Crippen LogP contribution is -2.43. The van der Waals surface area contributed by atoms with Gasteiger partial charge in [-0.25, -0.2) is 0 Å². The van der Waals surface area contributed by atoms with Crippen LogP contribution in [0.4, 0.5) is 0 Å². The smallest absolute Gasteiger partial charge is 0.236 e. The summed E-state index contributed by atoms with van der Waals surface area (Å²) in [7, 11) is 0. The van der Waals surface area contributed by atoms with Crippen LogP contribution >= 0.6 is 0 Å². The predicted molar refractivity (Wildman–Crippen MR) is 47.8 cm³/mol. The Kier molecular flexibility index (Phi) is 3.25. The number of carbonyl (C=O) groups is 2. The van der Waals surface area contributed by atoms with Gasteiger partial charge in [0.25, 0.3) is 0 Å². The van der Waals surface area contributed by atoms with E-state index in [0.717, 1.165) is 6.42 Å². The summed E-state index contributed by atoms with van der Waals surface area (Å²) in [5, 5.41) is 5.79. The highest BCUT2D eigenvalue weighted by molar-refractivity contribution is 5.81. The second-order valence-corrected chi connectivity index (χ2v) is 3.34. The zero-order chi connectivity index (χ0) is 9.84. The van der Waals surface area contributed by atoms with Crippen LogP contribution in [0.5, 0.6) is 0 Å². The normalized spacial score (nSPS) is 29.2. The molecule has 0 saturated carbocycles. The molecule has 1 fully saturated rings. The number of nitrogens with one attached hydrogen (secondary N) is 2. The molecule has 2 atom stereocenters. The summed E-state index contributed by atoms with van der Waals surface area (Å²) >= 11 is 0. The maximum Gasteiger partial charge on any atom is 0.236 e. The van der Waals surface area contributed by atoms with Crippen molar-refractivity contribution in [3.8, 4) is 0 Å². The molecule has 0 aliphatic carbocycles. The van der Waals surface area contributed by atoms with Crippen LogP contribution in [0, 0.1) is 0 Å². The zero-order valence-electron chi connectivity index (χ0n) is 7.67. The van der Waals surface area contributed by atoms with Gasteiger partial charge in [-0.3, -0.25) is 9.59 Å². The Labute approximate surface area is 77.1 Å². The molecule has 1 saturated heterocycles. The lowest BCUT2D eigenvalue weighted by Gasteiger charge is -2.15. The number of hydrogen-bond acceptors (Lipinski definition) is 3. The van der Waals surface area contributed by atoms with E-state index in [2.05, 4.69) is 10.6 Å². The highest BCUT2D eigenvalue weighted by Gasteiger charge is 2.22. The Morgan fingerprint density at radius 1 is 1.69 bits per heavy atom. The Hall–Kier alpha value is -1.10. The summed E-state index contributed by atoms with van der Waals surface area (Å²) in [6.45, 7) is 2.38. The first-order valence-electron chi connectivity index (χ1n) is 4.41. The van der Waals surface area contributed by atoms with Gasteiger partial charge in [0.05, 0.1) is 6.04 Å². The molecule has 0 spiro atoms. The number of nitrogens with two attached hydrogens (primary N) is 1. The van der Waals surface area contributed by atoms with Gasteiger partial charge < -0.3 is 16.4 Å². The van der Waals surface area contributed by atoms with Gasteiger partial charge in [0.15, 0.2) is 0 Å². The summed E-state index contributed by atoms with van der Waals surface area (Å²) in [5.74, 6) is -0.356. The van der Waals surface area contributed by atoms with Gasteiger partial charge in [0.1, 0.15) is 0 Å². The number of rotatable bonds is 2. The molecule has 5 heteroatoms. The lowest BCUT2D eigenvalue weighted by atomic mass is 10.1. The van der Waals surface area contributed by atoms with Gasteiger partial charge >= 0.3 is 0 Å². The van der Waals surface area contributed by atoms with Gasteiger partial charge in [0, 0.05) is 19.0 Å². The van der Waals surface area contributed by atoms with Crippen molar-refractivity contribution in [3.05, 3.63) is 0 Å². The molecular weight excluding hydrogens is 170 g/mol. The monoisotopic (exact) mass is 185 g/mol. The summed E-state index contributed by atoms with van der Waals surface area (Å²) in [5.41, 5.74) is 5.07. The van der Waals surface area contributed by atoms with Crippen molar-refractivity contribution in [1.82, 2.24) is 10.6 Å². The van der Waals surface area contributed by atoms with Crippen molar-refractivity contribution in [2.24, 2.45) is 5.73 Å². The van der Waals surface area contributed by atoms with E-state index in [0.29, 0.717) is 13.0 Å². The average Bonchev–Trinajstić information content (AvgIpc) is 2.14. The van der Waals surface area contributed by atoms with Crippen molar-refractivity contribution in [2.75, 3.05) is 6.54 Å². The molecule has 0 aromatic heterocycles. The average molecular weight is 185 g/mol. The molecule has 0 aromatic rings. The quantitative estimate of drug-likeness (QED) is 0.501. The zero-order valence-corrected chi connectivity index (χ0v) is 7.67. The Balaban J connectivity index is 2.48. The van der Waals surface area contributed by atoms with Gasteiger partial charge in [0.2, 0.25) is 11.8 Å².